The molecule has 0 amide bonds. The molecule has 108 valence electrons. The average molecular weight is 285 g/mol. The van der Waals surface area contributed by atoms with Crippen LogP contribution < -0.4 is 10.1 Å². The fourth-order valence-corrected chi connectivity index (χ4v) is 1.68. The van der Waals surface area contributed by atoms with Crippen LogP contribution in [0.3, 0.4) is 0 Å². The van der Waals surface area contributed by atoms with Crippen LogP contribution in [-0.2, 0) is 13.1 Å². The van der Waals surface area contributed by atoms with Crippen molar-refractivity contribution in [2.45, 2.75) is 26.4 Å². The van der Waals surface area contributed by atoms with Crippen molar-refractivity contribution in [2.24, 2.45) is 0 Å². The standard InChI is InChI=1S/C13H14F3N3O/c1-2-19-9-11(8-18-19)17-7-10-4-3-5-12(6-10)20-13(14,15)16/h3-6,8-9,17H,2,7H2,1H3. The van der Waals surface area contributed by atoms with E-state index in [4.69, 9.17) is 0 Å². The van der Waals surface area contributed by atoms with E-state index in [1.165, 1.54) is 18.2 Å². The summed E-state index contributed by atoms with van der Waals surface area (Å²) in [5.74, 6) is -0.221. The van der Waals surface area contributed by atoms with Gasteiger partial charge in [-0.25, -0.2) is 0 Å². The zero-order valence-electron chi connectivity index (χ0n) is 10.8. The van der Waals surface area contributed by atoms with Crippen molar-refractivity contribution in [2.75, 3.05) is 5.32 Å². The first-order valence-corrected chi connectivity index (χ1v) is 6.07. The van der Waals surface area contributed by atoms with E-state index in [1.807, 2.05) is 13.1 Å². The van der Waals surface area contributed by atoms with Gasteiger partial charge in [-0.05, 0) is 24.6 Å². The normalized spacial score (nSPS) is 11.4. The summed E-state index contributed by atoms with van der Waals surface area (Å²) >= 11 is 0. The lowest BCUT2D eigenvalue weighted by molar-refractivity contribution is -0.274. The average Bonchev–Trinajstić information content (AvgIpc) is 2.83. The van der Waals surface area contributed by atoms with Gasteiger partial charge in [0.15, 0.2) is 0 Å². The topological polar surface area (TPSA) is 39.1 Å². The smallest absolute Gasteiger partial charge is 0.406 e. The molecule has 20 heavy (non-hydrogen) atoms. The number of anilines is 1. The second kappa shape index (κ2) is 5.85. The first-order valence-electron chi connectivity index (χ1n) is 6.07. The number of ether oxygens (including phenoxy) is 1. The van der Waals surface area contributed by atoms with Gasteiger partial charge in [0.1, 0.15) is 5.75 Å². The van der Waals surface area contributed by atoms with Gasteiger partial charge >= 0.3 is 6.36 Å². The van der Waals surface area contributed by atoms with Crippen LogP contribution in [0.5, 0.6) is 5.75 Å². The van der Waals surface area contributed by atoms with Crippen molar-refractivity contribution in [1.82, 2.24) is 9.78 Å². The molecule has 0 radical (unpaired) electrons. The lowest BCUT2D eigenvalue weighted by Crippen LogP contribution is -2.17. The van der Waals surface area contributed by atoms with E-state index in [0.29, 0.717) is 12.1 Å². The Hall–Kier alpha value is -2.18. The molecule has 1 aromatic heterocycles. The Labute approximate surface area is 114 Å². The highest BCUT2D eigenvalue weighted by molar-refractivity contribution is 5.40. The van der Waals surface area contributed by atoms with Crippen LogP contribution in [0.1, 0.15) is 12.5 Å². The summed E-state index contributed by atoms with van der Waals surface area (Å²) in [5.41, 5.74) is 1.50. The van der Waals surface area contributed by atoms with Gasteiger partial charge in [-0.2, -0.15) is 5.10 Å². The van der Waals surface area contributed by atoms with Gasteiger partial charge in [-0.15, -0.1) is 13.2 Å². The predicted molar refractivity (Wildman–Crippen MR) is 68.4 cm³/mol. The molecule has 1 heterocycles. The molecule has 7 heteroatoms. The number of nitrogens with zero attached hydrogens (tertiary/aromatic N) is 2. The van der Waals surface area contributed by atoms with Crippen LogP contribution in [0.2, 0.25) is 0 Å². The van der Waals surface area contributed by atoms with Crippen molar-refractivity contribution in [3.05, 3.63) is 42.2 Å². The van der Waals surface area contributed by atoms with Crippen molar-refractivity contribution >= 4 is 5.69 Å². The Bertz CT molecular complexity index is 566. The Morgan fingerprint density at radius 1 is 1.35 bits per heavy atom. The predicted octanol–water partition coefficient (Wildman–Crippen LogP) is 3.41. The van der Waals surface area contributed by atoms with Crippen molar-refractivity contribution in [3.63, 3.8) is 0 Å². The molecule has 4 nitrogen and oxygen atoms in total. The van der Waals surface area contributed by atoms with Crippen LogP contribution in [0, 0.1) is 0 Å². The molecule has 0 atom stereocenters. The Morgan fingerprint density at radius 2 is 2.15 bits per heavy atom. The molecule has 2 aromatic rings. The number of halogens is 3. The zero-order chi connectivity index (χ0) is 14.6. The second-order valence-electron chi connectivity index (χ2n) is 4.13. The molecule has 0 saturated carbocycles. The molecule has 0 aliphatic heterocycles. The molecule has 2 rings (SSSR count). The first-order chi connectivity index (χ1) is 9.46. The molecule has 0 aliphatic rings. The summed E-state index contributed by atoms with van der Waals surface area (Å²) in [5, 5.41) is 7.18. The van der Waals surface area contributed by atoms with Crippen molar-refractivity contribution in [3.8, 4) is 5.75 Å². The summed E-state index contributed by atoms with van der Waals surface area (Å²) in [6.45, 7) is 3.12. The number of aromatic nitrogens is 2. The molecule has 0 unspecified atom stereocenters. The number of nitrogens with one attached hydrogen (secondary N) is 1. The maximum absolute atomic E-state index is 12.1. The molecule has 0 fully saturated rings. The Kier molecular flexibility index (Phi) is 4.16. The highest BCUT2D eigenvalue weighted by Crippen LogP contribution is 2.23. The fourth-order valence-electron chi connectivity index (χ4n) is 1.68. The third-order valence-electron chi connectivity index (χ3n) is 2.59. The van der Waals surface area contributed by atoms with Gasteiger partial charge in [0.05, 0.1) is 11.9 Å². The van der Waals surface area contributed by atoms with Crippen LogP contribution >= 0.6 is 0 Å². The highest BCUT2D eigenvalue weighted by Gasteiger charge is 2.31. The van der Waals surface area contributed by atoms with Crippen LogP contribution in [-0.4, -0.2) is 16.1 Å². The quantitative estimate of drug-likeness (QED) is 0.915. The lowest BCUT2D eigenvalue weighted by atomic mass is 10.2. The second-order valence-corrected chi connectivity index (χ2v) is 4.13. The summed E-state index contributed by atoms with van der Waals surface area (Å²) < 4.78 is 42.0. The van der Waals surface area contributed by atoms with Gasteiger partial charge in [0, 0.05) is 19.3 Å². The zero-order valence-corrected chi connectivity index (χ0v) is 10.8. The number of benzene rings is 1. The minimum absolute atomic E-state index is 0.221. The molecule has 0 bridgehead atoms. The minimum atomic E-state index is -4.67. The van der Waals surface area contributed by atoms with E-state index >= 15 is 0 Å². The maximum Gasteiger partial charge on any atom is 0.573 e. The van der Waals surface area contributed by atoms with E-state index in [-0.39, 0.29) is 5.75 Å². The lowest BCUT2D eigenvalue weighted by Gasteiger charge is -2.10. The minimum Gasteiger partial charge on any atom is -0.406 e. The molecule has 0 saturated heterocycles. The molecule has 0 spiro atoms. The summed E-state index contributed by atoms with van der Waals surface area (Å²) in [6.07, 6.45) is -1.18. The van der Waals surface area contributed by atoms with E-state index in [2.05, 4.69) is 15.2 Å². The van der Waals surface area contributed by atoms with Crippen LogP contribution in [0.15, 0.2) is 36.7 Å². The molecular weight excluding hydrogens is 271 g/mol. The fraction of sp³-hybridized carbons (Fsp3) is 0.308. The third-order valence-corrected chi connectivity index (χ3v) is 2.59. The third kappa shape index (κ3) is 4.18. The monoisotopic (exact) mass is 285 g/mol. The van der Waals surface area contributed by atoms with Gasteiger partial charge < -0.3 is 10.1 Å². The Balaban J connectivity index is 1.97. The van der Waals surface area contributed by atoms with Gasteiger partial charge in [-0.3, -0.25) is 4.68 Å². The van der Waals surface area contributed by atoms with Gasteiger partial charge in [-0.1, -0.05) is 12.1 Å². The molecular formula is C13H14F3N3O. The summed E-state index contributed by atoms with van der Waals surface area (Å²) in [6, 6.07) is 5.87. The molecule has 1 aromatic carbocycles. The van der Waals surface area contributed by atoms with Crippen LogP contribution in [0.25, 0.3) is 0 Å². The Morgan fingerprint density at radius 3 is 2.80 bits per heavy atom. The van der Waals surface area contributed by atoms with Gasteiger partial charge in [0.2, 0.25) is 0 Å². The van der Waals surface area contributed by atoms with E-state index in [9.17, 15) is 13.2 Å². The summed E-state index contributed by atoms with van der Waals surface area (Å²) in [4.78, 5) is 0. The number of rotatable bonds is 5. The van der Waals surface area contributed by atoms with E-state index in [0.717, 1.165) is 12.2 Å². The van der Waals surface area contributed by atoms with Crippen molar-refractivity contribution in [1.29, 1.82) is 0 Å². The number of hydrogen-bond acceptors (Lipinski definition) is 3. The van der Waals surface area contributed by atoms with Gasteiger partial charge in [0.25, 0.3) is 0 Å². The SMILES string of the molecule is CCn1cc(NCc2cccc(OC(F)(F)F)c2)cn1. The number of aryl methyl sites for hydroxylation is 1. The molecule has 1 N–H and O–H groups in total. The number of alkyl halides is 3. The van der Waals surface area contributed by atoms with E-state index < -0.39 is 6.36 Å². The number of hydrogen-bond donors (Lipinski definition) is 1. The van der Waals surface area contributed by atoms with E-state index in [1.54, 1.807) is 16.9 Å². The first kappa shape index (κ1) is 14.2. The summed E-state index contributed by atoms with van der Waals surface area (Å²) in [7, 11) is 0. The molecule has 0 aliphatic carbocycles. The largest absolute Gasteiger partial charge is 0.573 e. The highest BCUT2D eigenvalue weighted by atomic mass is 19.4. The maximum atomic E-state index is 12.1. The van der Waals surface area contributed by atoms with Crippen LogP contribution in [0.4, 0.5) is 18.9 Å². The van der Waals surface area contributed by atoms with Crippen molar-refractivity contribution < 1.29 is 17.9 Å².